The Bertz CT molecular complexity index is 1080. The van der Waals surface area contributed by atoms with E-state index in [1.54, 1.807) is 24.3 Å². The predicted octanol–water partition coefficient (Wildman–Crippen LogP) is 5.36. The molecule has 6 nitrogen and oxygen atoms in total. The van der Waals surface area contributed by atoms with Crippen LogP contribution in [-0.2, 0) is 19.2 Å². The number of carboxylic acid groups (broad SMARTS) is 1. The summed E-state index contributed by atoms with van der Waals surface area (Å²) in [5.74, 6) is 0.806. The molecule has 2 N–H and O–H groups in total. The van der Waals surface area contributed by atoms with Crippen LogP contribution in [0.5, 0.6) is 0 Å². The molecule has 1 unspecified atom stereocenters. The van der Waals surface area contributed by atoms with Crippen molar-refractivity contribution >= 4 is 23.4 Å². The number of nitrogens with one attached hydrogen (secondary N) is 1. The lowest BCUT2D eigenvalue weighted by molar-refractivity contribution is -0.159. The molecule has 9 atom stereocenters. The fourth-order valence-electron chi connectivity index (χ4n) is 9.29. The Morgan fingerprint density at radius 3 is 2.41 bits per heavy atom. The van der Waals surface area contributed by atoms with Gasteiger partial charge in [0.1, 0.15) is 11.6 Å². The minimum atomic E-state index is -1.06. The molecule has 4 aliphatic rings. The zero-order chi connectivity index (χ0) is 26.5. The van der Waals surface area contributed by atoms with Gasteiger partial charge in [0.2, 0.25) is 5.91 Å². The summed E-state index contributed by atoms with van der Waals surface area (Å²) >= 11 is 0. The Balaban J connectivity index is 1.29. The Kier molecular flexibility index (Phi) is 6.82. The largest absolute Gasteiger partial charge is 0.479 e. The number of carbonyl (C=O) groups is 4. The highest BCUT2D eigenvalue weighted by Gasteiger charge is 2.63. The van der Waals surface area contributed by atoms with Crippen molar-refractivity contribution in [2.75, 3.05) is 0 Å². The van der Waals surface area contributed by atoms with Crippen LogP contribution in [0.1, 0.15) is 90.2 Å². The zero-order valence-electron chi connectivity index (χ0n) is 22.4. The molecule has 37 heavy (non-hydrogen) atoms. The molecule has 4 aliphatic carbocycles. The van der Waals surface area contributed by atoms with Gasteiger partial charge in [-0.05, 0) is 78.1 Å². The molecule has 4 saturated carbocycles. The van der Waals surface area contributed by atoms with Crippen molar-refractivity contribution in [1.82, 2.24) is 5.32 Å². The van der Waals surface area contributed by atoms with Crippen molar-refractivity contribution in [3.63, 3.8) is 0 Å². The van der Waals surface area contributed by atoms with E-state index in [2.05, 4.69) is 26.1 Å². The van der Waals surface area contributed by atoms with Crippen LogP contribution in [0.25, 0.3) is 0 Å². The first-order valence-electron chi connectivity index (χ1n) is 14.2. The first-order chi connectivity index (χ1) is 17.5. The number of rotatable bonds is 6. The van der Waals surface area contributed by atoms with Crippen molar-refractivity contribution in [1.29, 1.82) is 0 Å². The van der Waals surface area contributed by atoms with Crippen molar-refractivity contribution in [2.24, 2.45) is 46.3 Å². The van der Waals surface area contributed by atoms with Gasteiger partial charge in [-0.15, -0.1) is 0 Å². The predicted molar refractivity (Wildman–Crippen MR) is 139 cm³/mol. The maximum atomic E-state index is 13.6. The second-order valence-electron chi connectivity index (χ2n) is 13.0. The molecule has 1 aromatic rings. The van der Waals surface area contributed by atoms with Gasteiger partial charge in [-0.2, -0.15) is 0 Å². The monoisotopic (exact) mass is 507 g/mol. The molecule has 0 heterocycles. The van der Waals surface area contributed by atoms with Crippen LogP contribution in [0.15, 0.2) is 30.3 Å². The molecule has 6 heteroatoms. The van der Waals surface area contributed by atoms with Crippen molar-refractivity contribution < 1.29 is 24.3 Å². The summed E-state index contributed by atoms with van der Waals surface area (Å²) in [5.41, 5.74) is 0.658. The number of aliphatic carboxylic acids is 1. The molecule has 0 saturated heterocycles. The lowest BCUT2D eigenvalue weighted by Gasteiger charge is -2.59. The van der Waals surface area contributed by atoms with Gasteiger partial charge in [0.05, 0.1) is 0 Å². The van der Waals surface area contributed by atoms with Gasteiger partial charge in [-0.1, -0.05) is 51.1 Å². The summed E-state index contributed by atoms with van der Waals surface area (Å²) in [5, 5.41) is 12.4. The SMILES string of the molecule is C[C@H](CC(=O)NC(C(=O)O)c1ccccc1)[C@H]1CC[C@H]2[C@@H]3C(=O)C[C@@H]4CC(=O)CC[C@]4(C)[C@H]3CC[C@]12C. The second kappa shape index (κ2) is 9.67. The number of carbonyl (C=O) groups excluding carboxylic acids is 3. The highest BCUT2D eigenvalue weighted by molar-refractivity contribution is 5.86. The number of hydrogen-bond donors (Lipinski definition) is 2. The zero-order valence-corrected chi connectivity index (χ0v) is 22.4. The van der Waals surface area contributed by atoms with Gasteiger partial charge >= 0.3 is 5.97 Å². The molecule has 1 aromatic carbocycles. The van der Waals surface area contributed by atoms with Gasteiger partial charge in [0, 0.05) is 31.6 Å². The number of carboxylic acids is 1. The Morgan fingerprint density at radius 2 is 1.70 bits per heavy atom. The summed E-state index contributed by atoms with van der Waals surface area (Å²) < 4.78 is 0. The smallest absolute Gasteiger partial charge is 0.330 e. The Hall–Kier alpha value is -2.50. The fraction of sp³-hybridized carbons (Fsp3) is 0.677. The Labute approximate surface area is 220 Å². The van der Waals surface area contributed by atoms with E-state index in [1.807, 2.05) is 6.07 Å². The molecule has 0 bridgehead atoms. The van der Waals surface area contributed by atoms with Crippen LogP contribution in [0.2, 0.25) is 0 Å². The third kappa shape index (κ3) is 4.44. The first-order valence-corrected chi connectivity index (χ1v) is 14.2. The molecule has 4 fully saturated rings. The normalized spacial score (nSPS) is 38.6. The summed E-state index contributed by atoms with van der Waals surface area (Å²) in [6.07, 6.45) is 7.08. The number of amides is 1. The average Bonchev–Trinajstić information content (AvgIpc) is 3.21. The lowest BCUT2D eigenvalue weighted by atomic mass is 9.44. The van der Waals surface area contributed by atoms with Crippen LogP contribution >= 0.6 is 0 Å². The number of Topliss-reactive ketones (excluding diaryl/α,β-unsaturated/α-hetero) is 2. The summed E-state index contributed by atoms with van der Waals surface area (Å²) in [7, 11) is 0. The number of fused-ring (bicyclic) bond motifs is 5. The summed E-state index contributed by atoms with van der Waals surface area (Å²) in [6.45, 7) is 6.81. The summed E-state index contributed by atoms with van der Waals surface area (Å²) in [4.78, 5) is 50.6. The van der Waals surface area contributed by atoms with E-state index in [0.29, 0.717) is 54.1 Å². The number of benzene rings is 1. The van der Waals surface area contributed by atoms with Gasteiger partial charge in [0.15, 0.2) is 6.04 Å². The standard InChI is InChI=1S/C31H41NO5/c1-18(15-26(35)32-28(29(36)37)19-7-5-4-6-8-19)22-9-10-23-27-24(12-14-31(22,23)3)30(2)13-11-21(33)16-20(30)17-25(27)34/h4-8,18,20,22-24,27-28H,9-17H2,1-3H3,(H,32,35)(H,36,37)/t18-,20+,22-,23+,24+,27+,28?,30+,31-/m1/s1. The van der Waals surface area contributed by atoms with Crippen molar-refractivity contribution in [3.05, 3.63) is 35.9 Å². The minimum Gasteiger partial charge on any atom is -0.479 e. The van der Waals surface area contributed by atoms with Crippen LogP contribution < -0.4 is 5.32 Å². The highest BCUT2D eigenvalue weighted by Crippen LogP contribution is 2.67. The maximum absolute atomic E-state index is 13.6. The average molecular weight is 508 g/mol. The quantitative estimate of drug-likeness (QED) is 0.540. The van der Waals surface area contributed by atoms with E-state index in [4.69, 9.17) is 0 Å². The third-order valence-corrected chi connectivity index (χ3v) is 11.2. The highest BCUT2D eigenvalue weighted by atomic mass is 16.4. The van der Waals surface area contributed by atoms with Gasteiger partial charge in [-0.3, -0.25) is 14.4 Å². The summed E-state index contributed by atoms with van der Waals surface area (Å²) in [6, 6.07) is 7.76. The van der Waals surface area contributed by atoms with E-state index in [1.165, 1.54) is 0 Å². The topological polar surface area (TPSA) is 101 Å². The number of ketones is 2. The second-order valence-corrected chi connectivity index (χ2v) is 13.0. The van der Waals surface area contributed by atoms with Crippen LogP contribution in [-0.4, -0.2) is 28.5 Å². The first kappa shape index (κ1) is 26.1. The molecular weight excluding hydrogens is 466 g/mol. The molecular formula is C31H41NO5. The van der Waals surface area contributed by atoms with Gasteiger partial charge < -0.3 is 10.4 Å². The Morgan fingerprint density at radius 1 is 1.00 bits per heavy atom. The molecule has 0 radical (unpaired) electrons. The molecule has 0 spiro atoms. The lowest BCUT2D eigenvalue weighted by Crippen LogP contribution is -2.57. The molecule has 1 amide bonds. The minimum absolute atomic E-state index is 0.00976. The van der Waals surface area contributed by atoms with Crippen molar-refractivity contribution in [3.8, 4) is 0 Å². The third-order valence-electron chi connectivity index (χ3n) is 11.2. The number of hydrogen-bond acceptors (Lipinski definition) is 4. The van der Waals surface area contributed by atoms with E-state index in [-0.39, 0.29) is 40.9 Å². The molecule has 0 aliphatic heterocycles. The molecule has 200 valence electrons. The van der Waals surface area contributed by atoms with Gasteiger partial charge in [0.25, 0.3) is 0 Å². The maximum Gasteiger partial charge on any atom is 0.330 e. The van der Waals surface area contributed by atoms with Crippen LogP contribution in [0.4, 0.5) is 0 Å². The van der Waals surface area contributed by atoms with E-state index < -0.39 is 12.0 Å². The van der Waals surface area contributed by atoms with Gasteiger partial charge in [-0.25, -0.2) is 4.79 Å². The van der Waals surface area contributed by atoms with E-state index in [9.17, 15) is 24.3 Å². The van der Waals surface area contributed by atoms with Crippen molar-refractivity contribution in [2.45, 2.75) is 84.6 Å². The van der Waals surface area contributed by atoms with Crippen LogP contribution in [0, 0.1) is 46.3 Å². The van der Waals surface area contributed by atoms with E-state index in [0.717, 1.165) is 32.1 Å². The van der Waals surface area contributed by atoms with Crippen LogP contribution in [0.3, 0.4) is 0 Å². The molecule has 0 aromatic heterocycles. The van der Waals surface area contributed by atoms with E-state index >= 15 is 0 Å². The molecule has 5 rings (SSSR count). The fourth-order valence-corrected chi connectivity index (χ4v) is 9.29.